The van der Waals surface area contributed by atoms with Gasteiger partial charge in [0.15, 0.2) is 0 Å². The Morgan fingerprint density at radius 1 is 1.67 bits per heavy atom. The molecule has 5 nitrogen and oxygen atoms in total. The van der Waals surface area contributed by atoms with Gasteiger partial charge in [-0.05, 0) is 29.8 Å². The number of hydrogen-bond acceptors (Lipinski definition) is 4. The molecule has 0 aliphatic carbocycles. The molecule has 1 heterocycles. The van der Waals surface area contributed by atoms with Crippen molar-refractivity contribution < 1.29 is 4.92 Å². The van der Waals surface area contributed by atoms with Crippen LogP contribution in [-0.2, 0) is 6.42 Å². The number of pyridine rings is 1. The van der Waals surface area contributed by atoms with Crippen LogP contribution in [0.15, 0.2) is 16.7 Å². The van der Waals surface area contributed by atoms with Crippen molar-refractivity contribution >= 4 is 21.6 Å². The van der Waals surface area contributed by atoms with Gasteiger partial charge in [0.2, 0.25) is 0 Å². The van der Waals surface area contributed by atoms with Crippen LogP contribution in [0.4, 0.5) is 5.69 Å². The number of hydrogen-bond donors (Lipinski definition) is 1. The highest BCUT2D eigenvalue weighted by Gasteiger charge is 2.21. The van der Waals surface area contributed by atoms with Crippen LogP contribution in [0, 0.1) is 10.1 Å². The Kier molecular flexibility index (Phi) is 3.41. The highest BCUT2D eigenvalue weighted by molar-refractivity contribution is 9.10. The first-order valence-corrected chi connectivity index (χ1v) is 5.16. The smallest absolute Gasteiger partial charge is 0.291 e. The lowest BCUT2D eigenvalue weighted by molar-refractivity contribution is -0.386. The van der Waals surface area contributed by atoms with E-state index in [-0.39, 0.29) is 5.69 Å². The summed E-state index contributed by atoms with van der Waals surface area (Å²) in [5.41, 5.74) is 5.71. The van der Waals surface area contributed by atoms with Gasteiger partial charge in [0.25, 0.3) is 5.69 Å². The molecule has 82 valence electrons. The summed E-state index contributed by atoms with van der Waals surface area (Å²) in [5.74, 6) is 0. The third kappa shape index (κ3) is 3.56. The Bertz CT molecular complexity index is 387. The van der Waals surface area contributed by atoms with E-state index in [2.05, 4.69) is 20.9 Å². The van der Waals surface area contributed by atoms with Gasteiger partial charge >= 0.3 is 0 Å². The van der Waals surface area contributed by atoms with Crippen molar-refractivity contribution in [2.75, 3.05) is 0 Å². The predicted octanol–water partition coefficient (Wildman–Crippen LogP) is 2.03. The molecule has 0 bridgehead atoms. The zero-order valence-electron chi connectivity index (χ0n) is 8.53. The molecule has 0 amide bonds. The Balaban J connectivity index is 3.12. The van der Waals surface area contributed by atoms with Crippen molar-refractivity contribution in [3.63, 3.8) is 0 Å². The zero-order chi connectivity index (χ0) is 11.6. The second-order valence-electron chi connectivity index (χ2n) is 4.04. The van der Waals surface area contributed by atoms with E-state index in [1.54, 1.807) is 13.8 Å². The molecule has 0 spiro atoms. The molecule has 1 rings (SSSR count). The number of nitrogens with zero attached hydrogens (tertiary/aromatic N) is 2. The highest BCUT2D eigenvalue weighted by atomic mass is 79.9. The molecule has 15 heavy (non-hydrogen) atoms. The second-order valence-corrected chi connectivity index (χ2v) is 4.96. The Hall–Kier alpha value is -1.01. The summed E-state index contributed by atoms with van der Waals surface area (Å²) < 4.78 is 0.591. The van der Waals surface area contributed by atoms with Crippen LogP contribution < -0.4 is 5.73 Å². The Labute approximate surface area is 96.0 Å². The van der Waals surface area contributed by atoms with E-state index in [1.165, 1.54) is 12.3 Å². The minimum absolute atomic E-state index is 0.00269. The van der Waals surface area contributed by atoms with Crippen molar-refractivity contribution in [1.29, 1.82) is 0 Å². The number of halogens is 1. The average Bonchev–Trinajstić information content (AvgIpc) is 2.05. The van der Waals surface area contributed by atoms with Gasteiger partial charge in [-0.25, -0.2) is 0 Å². The van der Waals surface area contributed by atoms with E-state index < -0.39 is 10.5 Å². The minimum atomic E-state index is -0.508. The summed E-state index contributed by atoms with van der Waals surface area (Å²) in [4.78, 5) is 14.3. The molecule has 0 saturated heterocycles. The largest absolute Gasteiger partial charge is 0.325 e. The lowest BCUT2D eigenvalue weighted by Gasteiger charge is -2.17. The molecular weight excluding hydrogens is 262 g/mol. The van der Waals surface area contributed by atoms with E-state index in [4.69, 9.17) is 5.73 Å². The number of aromatic nitrogens is 1. The highest BCUT2D eigenvalue weighted by Crippen LogP contribution is 2.23. The van der Waals surface area contributed by atoms with E-state index in [1.807, 2.05) is 0 Å². The van der Waals surface area contributed by atoms with Gasteiger partial charge in [0.05, 0.1) is 4.92 Å². The summed E-state index contributed by atoms with van der Waals surface area (Å²) in [6.07, 6.45) is 1.91. The van der Waals surface area contributed by atoms with Crippen LogP contribution in [0.1, 0.15) is 19.5 Å². The number of rotatable bonds is 3. The molecule has 0 saturated carbocycles. The summed E-state index contributed by atoms with van der Waals surface area (Å²) in [5, 5.41) is 10.8. The van der Waals surface area contributed by atoms with Gasteiger partial charge < -0.3 is 5.73 Å². The molecule has 6 heteroatoms. The van der Waals surface area contributed by atoms with Crippen LogP contribution in [-0.4, -0.2) is 15.4 Å². The molecule has 0 aliphatic rings. The summed E-state index contributed by atoms with van der Waals surface area (Å²) in [6.45, 7) is 3.61. The molecule has 0 unspecified atom stereocenters. The average molecular weight is 274 g/mol. The van der Waals surface area contributed by atoms with Crippen LogP contribution in [0.2, 0.25) is 0 Å². The van der Waals surface area contributed by atoms with Crippen molar-refractivity contribution in [3.8, 4) is 0 Å². The fraction of sp³-hybridized carbons (Fsp3) is 0.444. The molecule has 0 radical (unpaired) electrons. The van der Waals surface area contributed by atoms with Crippen molar-refractivity contribution in [2.24, 2.45) is 5.73 Å². The molecule has 0 aromatic carbocycles. The van der Waals surface area contributed by atoms with Crippen LogP contribution >= 0.6 is 15.9 Å². The maximum Gasteiger partial charge on any atom is 0.291 e. The first kappa shape index (κ1) is 12.1. The summed E-state index contributed by atoms with van der Waals surface area (Å²) in [6, 6.07) is 1.44. The third-order valence-corrected chi connectivity index (χ3v) is 2.17. The molecule has 2 N–H and O–H groups in total. The van der Waals surface area contributed by atoms with Crippen molar-refractivity contribution in [3.05, 3.63) is 32.5 Å². The predicted molar refractivity (Wildman–Crippen MR) is 60.6 cm³/mol. The fourth-order valence-electron chi connectivity index (χ4n) is 1.18. The van der Waals surface area contributed by atoms with Crippen molar-refractivity contribution in [1.82, 2.24) is 4.98 Å². The minimum Gasteiger partial charge on any atom is -0.325 e. The fourth-order valence-corrected chi connectivity index (χ4v) is 1.50. The number of nitrogens with two attached hydrogens (primary N) is 1. The molecule has 0 fully saturated rings. The van der Waals surface area contributed by atoms with E-state index in [0.29, 0.717) is 16.6 Å². The van der Waals surface area contributed by atoms with Gasteiger partial charge in [-0.1, -0.05) is 0 Å². The topological polar surface area (TPSA) is 82.0 Å². The summed E-state index contributed by atoms with van der Waals surface area (Å²) >= 11 is 3.15. The molecule has 1 aromatic rings. The standard InChI is InChI=1S/C9H12BrN3O2/c1-9(2,11)4-7-8(13(14)15)3-6(10)5-12-7/h3,5H,4,11H2,1-2H3. The number of nitro groups is 1. The van der Waals surface area contributed by atoms with Gasteiger partial charge in [-0.3, -0.25) is 15.1 Å². The van der Waals surface area contributed by atoms with E-state index in [0.717, 1.165) is 0 Å². The quantitative estimate of drug-likeness (QED) is 0.675. The normalized spacial score (nSPS) is 11.5. The van der Waals surface area contributed by atoms with E-state index >= 15 is 0 Å². The Morgan fingerprint density at radius 3 is 2.73 bits per heavy atom. The van der Waals surface area contributed by atoms with Crippen molar-refractivity contribution in [2.45, 2.75) is 25.8 Å². The monoisotopic (exact) mass is 273 g/mol. The maximum absolute atomic E-state index is 10.8. The van der Waals surface area contributed by atoms with E-state index in [9.17, 15) is 10.1 Å². The maximum atomic E-state index is 10.8. The zero-order valence-corrected chi connectivity index (χ0v) is 10.1. The summed E-state index contributed by atoms with van der Waals surface area (Å²) in [7, 11) is 0. The van der Waals surface area contributed by atoms with Gasteiger partial charge in [-0.15, -0.1) is 0 Å². The SMILES string of the molecule is CC(C)(N)Cc1ncc(Br)cc1[N+](=O)[O-]. The molecule has 1 aromatic heterocycles. The van der Waals surface area contributed by atoms with Crippen LogP contribution in [0.25, 0.3) is 0 Å². The van der Waals surface area contributed by atoms with Gasteiger partial charge in [-0.2, -0.15) is 0 Å². The lowest BCUT2D eigenvalue weighted by Crippen LogP contribution is -2.35. The van der Waals surface area contributed by atoms with Crippen LogP contribution in [0.5, 0.6) is 0 Å². The molecule has 0 aliphatic heterocycles. The van der Waals surface area contributed by atoms with Gasteiger partial charge in [0.1, 0.15) is 5.69 Å². The van der Waals surface area contributed by atoms with Crippen LogP contribution in [0.3, 0.4) is 0 Å². The first-order chi connectivity index (χ1) is 6.79. The van der Waals surface area contributed by atoms with Gasteiger partial charge in [0, 0.05) is 28.7 Å². The Morgan fingerprint density at radius 2 is 2.27 bits per heavy atom. The lowest BCUT2D eigenvalue weighted by atomic mass is 9.99. The third-order valence-electron chi connectivity index (χ3n) is 1.73. The second kappa shape index (κ2) is 4.24. The molecule has 0 atom stereocenters. The molecular formula is C9H12BrN3O2. The first-order valence-electron chi connectivity index (χ1n) is 4.37.